The van der Waals surface area contributed by atoms with Gasteiger partial charge in [0.1, 0.15) is 0 Å². The Morgan fingerprint density at radius 1 is 1.15 bits per heavy atom. The van der Waals surface area contributed by atoms with Gasteiger partial charge in [-0.25, -0.2) is 0 Å². The lowest BCUT2D eigenvalue weighted by atomic mass is 10.2. The van der Waals surface area contributed by atoms with E-state index in [4.69, 9.17) is 9.47 Å². The summed E-state index contributed by atoms with van der Waals surface area (Å²) in [4.78, 5) is 11.4. The van der Waals surface area contributed by atoms with Crippen molar-refractivity contribution in [3.63, 3.8) is 0 Å². The molecule has 1 rings (SSSR count). The molecule has 1 aromatic rings. The first-order valence-corrected chi connectivity index (χ1v) is 6.77. The number of hydrogen-bond acceptors (Lipinski definition) is 4. The SMILES string of the molecule is COc1ccc(CNCCNC(=O)C(C)C)cc1OC. The Balaban J connectivity index is 2.34. The van der Waals surface area contributed by atoms with E-state index in [9.17, 15) is 4.79 Å². The second-order valence-corrected chi connectivity index (χ2v) is 4.81. The minimum Gasteiger partial charge on any atom is -0.493 e. The van der Waals surface area contributed by atoms with Gasteiger partial charge in [-0.15, -0.1) is 0 Å². The molecule has 0 bridgehead atoms. The van der Waals surface area contributed by atoms with Crippen LogP contribution in [-0.4, -0.2) is 33.2 Å². The van der Waals surface area contributed by atoms with Crippen LogP contribution in [-0.2, 0) is 11.3 Å². The third-order valence-corrected chi connectivity index (χ3v) is 2.90. The van der Waals surface area contributed by atoms with Gasteiger partial charge in [-0.05, 0) is 17.7 Å². The Kier molecular flexibility index (Phi) is 6.87. The van der Waals surface area contributed by atoms with E-state index in [0.717, 1.165) is 30.2 Å². The normalized spacial score (nSPS) is 10.4. The first-order valence-electron chi connectivity index (χ1n) is 6.77. The zero-order valence-corrected chi connectivity index (χ0v) is 12.7. The lowest BCUT2D eigenvalue weighted by molar-refractivity contribution is -0.123. The number of amides is 1. The molecule has 0 atom stereocenters. The van der Waals surface area contributed by atoms with Crippen molar-refractivity contribution in [3.05, 3.63) is 23.8 Å². The molecule has 0 spiro atoms. The van der Waals surface area contributed by atoms with Crippen molar-refractivity contribution in [1.29, 1.82) is 0 Å². The van der Waals surface area contributed by atoms with Crippen LogP contribution in [0.5, 0.6) is 11.5 Å². The standard InChI is InChI=1S/C15H24N2O3/c1-11(2)15(18)17-8-7-16-10-12-5-6-13(19-3)14(9-12)20-4/h5-6,9,11,16H,7-8,10H2,1-4H3,(H,17,18). The molecule has 2 N–H and O–H groups in total. The van der Waals surface area contributed by atoms with Crippen molar-refractivity contribution in [2.75, 3.05) is 27.3 Å². The molecule has 0 aromatic heterocycles. The van der Waals surface area contributed by atoms with Crippen LogP contribution in [0.15, 0.2) is 18.2 Å². The number of nitrogens with one attached hydrogen (secondary N) is 2. The Morgan fingerprint density at radius 3 is 2.45 bits per heavy atom. The van der Waals surface area contributed by atoms with Crippen molar-refractivity contribution in [3.8, 4) is 11.5 Å². The summed E-state index contributed by atoms with van der Waals surface area (Å²) in [5.74, 6) is 1.55. The molecule has 0 radical (unpaired) electrons. The van der Waals surface area contributed by atoms with Crippen LogP contribution >= 0.6 is 0 Å². The Labute approximate surface area is 120 Å². The van der Waals surface area contributed by atoms with Crippen LogP contribution in [0.4, 0.5) is 0 Å². The molecule has 20 heavy (non-hydrogen) atoms. The highest BCUT2D eigenvalue weighted by atomic mass is 16.5. The first kappa shape index (κ1) is 16.3. The Hall–Kier alpha value is -1.75. The average molecular weight is 280 g/mol. The summed E-state index contributed by atoms with van der Waals surface area (Å²) in [6.45, 7) is 5.84. The van der Waals surface area contributed by atoms with Crippen molar-refractivity contribution in [2.24, 2.45) is 5.92 Å². The van der Waals surface area contributed by atoms with Crippen LogP contribution in [0, 0.1) is 5.92 Å². The van der Waals surface area contributed by atoms with Crippen molar-refractivity contribution in [1.82, 2.24) is 10.6 Å². The fourth-order valence-corrected chi connectivity index (χ4v) is 1.70. The molecule has 1 aromatic carbocycles. The molecule has 0 saturated carbocycles. The lowest BCUT2D eigenvalue weighted by Crippen LogP contribution is -2.34. The maximum atomic E-state index is 11.4. The molecule has 0 unspecified atom stereocenters. The van der Waals surface area contributed by atoms with Crippen molar-refractivity contribution < 1.29 is 14.3 Å². The number of ether oxygens (including phenoxy) is 2. The molecule has 0 aliphatic rings. The summed E-state index contributed by atoms with van der Waals surface area (Å²) >= 11 is 0. The molecule has 0 saturated heterocycles. The lowest BCUT2D eigenvalue weighted by Gasteiger charge is -2.11. The Morgan fingerprint density at radius 2 is 1.85 bits per heavy atom. The Bertz CT molecular complexity index is 433. The van der Waals surface area contributed by atoms with Gasteiger partial charge < -0.3 is 20.1 Å². The minimum absolute atomic E-state index is 0.0286. The first-order chi connectivity index (χ1) is 9.58. The third kappa shape index (κ3) is 5.09. The molecule has 0 fully saturated rings. The van der Waals surface area contributed by atoms with E-state index in [1.807, 2.05) is 32.0 Å². The van der Waals surface area contributed by atoms with Crippen LogP contribution in [0.3, 0.4) is 0 Å². The summed E-state index contributed by atoms with van der Waals surface area (Å²) in [5, 5.41) is 6.14. The predicted octanol–water partition coefficient (Wildman–Crippen LogP) is 1.57. The summed E-state index contributed by atoms with van der Waals surface area (Å²) in [6, 6.07) is 5.82. The van der Waals surface area contributed by atoms with Crippen LogP contribution in [0.25, 0.3) is 0 Å². The van der Waals surface area contributed by atoms with Crippen molar-refractivity contribution >= 4 is 5.91 Å². The zero-order chi connectivity index (χ0) is 15.0. The van der Waals surface area contributed by atoms with Gasteiger partial charge in [0.25, 0.3) is 0 Å². The summed E-state index contributed by atoms with van der Waals surface area (Å²) in [7, 11) is 3.24. The van der Waals surface area contributed by atoms with Gasteiger partial charge >= 0.3 is 0 Å². The molecule has 1 amide bonds. The van der Waals surface area contributed by atoms with E-state index < -0.39 is 0 Å². The highest BCUT2D eigenvalue weighted by Crippen LogP contribution is 2.27. The molecular formula is C15H24N2O3. The van der Waals surface area contributed by atoms with E-state index in [1.165, 1.54) is 0 Å². The molecule has 0 aliphatic heterocycles. The van der Waals surface area contributed by atoms with E-state index in [-0.39, 0.29) is 11.8 Å². The second kappa shape index (κ2) is 8.43. The largest absolute Gasteiger partial charge is 0.493 e. The van der Waals surface area contributed by atoms with Gasteiger partial charge in [0, 0.05) is 25.6 Å². The van der Waals surface area contributed by atoms with E-state index in [1.54, 1.807) is 14.2 Å². The number of methoxy groups -OCH3 is 2. The molecule has 0 aliphatic carbocycles. The average Bonchev–Trinajstić information content (AvgIpc) is 2.46. The minimum atomic E-state index is 0.0286. The zero-order valence-electron chi connectivity index (χ0n) is 12.7. The number of carbonyl (C=O) groups is 1. The number of hydrogen-bond donors (Lipinski definition) is 2. The second-order valence-electron chi connectivity index (χ2n) is 4.81. The summed E-state index contributed by atoms with van der Waals surface area (Å²) in [5.41, 5.74) is 1.11. The van der Waals surface area contributed by atoms with Gasteiger partial charge in [-0.1, -0.05) is 19.9 Å². The van der Waals surface area contributed by atoms with Gasteiger partial charge in [-0.2, -0.15) is 0 Å². The summed E-state index contributed by atoms with van der Waals surface area (Å²) in [6.07, 6.45) is 0. The summed E-state index contributed by atoms with van der Waals surface area (Å²) < 4.78 is 10.4. The third-order valence-electron chi connectivity index (χ3n) is 2.90. The van der Waals surface area contributed by atoms with E-state index in [2.05, 4.69) is 10.6 Å². The molecule has 0 heterocycles. The molecule has 112 valence electrons. The number of benzene rings is 1. The van der Waals surface area contributed by atoms with Crippen LogP contribution < -0.4 is 20.1 Å². The fourth-order valence-electron chi connectivity index (χ4n) is 1.70. The predicted molar refractivity (Wildman–Crippen MR) is 79.1 cm³/mol. The van der Waals surface area contributed by atoms with Gasteiger partial charge in [-0.3, -0.25) is 4.79 Å². The highest BCUT2D eigenvalue weighted by molar-refractivity contribution is 5.77. The molecule has 5 heteroatoms. The quantitative estimate of drug-likeness (QED) is 0.710. The molecular weight excluding hydrogens is 256 g/mol. The van der Waals surface area contributed by atoms with Crippen LogP contribution in [0.1, 0.15) is 19.4 Å². The highest BCUT2D eigenvalue weighted by Gasteiger charge is 2.05. The fraction of sp³-hybridized carbons (Fsp3) is 0.533. The molecule has 5 nitrogen and oxygen atoms in total. The van der Waals surface area contributed by atoms with E-state index in [0.29, 0.717) is 6.54 Å². The van der Waals surface area contributed by atoms with Gasteiger partial charge in [0.15, 0.2) is 11.5 Å². The maximum Gasteiger partial charge on any atom is 0.222 e. The van der Waals surface area contributed by atoms with E-state index >= 15 is 0 Å². The smallest absolute Gasteiger partial charge is 0.222 e. The van der Waals surface area contributed by atoms with Crippen molar-refractivity contribution in [2.45, 2.75) is 20.4 Å². The van der Waals surface area contributed by atoms with Gasteiger partial charge in [0.05, 0.1) is 14.2 Å². The number of rotatable bonds is 8. The monoisotopic (exact) mass is 280 g/mol. The van der Waals surface area contributed by atoms with Gasteiger partial charge in [0.2, 0.25) is 5.91 Å². The maximum absolute atomic E-state index is 11.4. The van der Waals surface area contributed by atoms with Crippen LogP contribution in [0.2, 0.25) is 0 Å². The number of carbonyl (C=O) groups excluding carboxylic acids is 1. The topological polar surface area (TPSA) is 59.6 Å².